The van der Waals surface area contributed by atoms with Gasteiger partial charge in [0.2, 0.25) is 0 Å². The van der Waals surface area contributed by atoms with Crippen molar-refractivity contribution in [1.82, 2.24) is 4.90 Å². The normalized spacial score (nSPS) is 12.4. The first-order valence-corrected chi connectivity index (χ1v) is 3.00. The molecule has 0 saturated heterocycles. The molecule has 0 aromatic rings. The number of carbonyl (C=O) groups excluding carboxylic acids is 1. The molecule has 51 valence electrons. The quantitative estimate of drug-likeness (QED) is 0.532. The van der Waals surface area contributed by atoms with E-state index in [1.165, 1.54) is 0 Å². The molecule has 0 N–H and O–H groups in total. The topological polar surface area (TPSA) is 20.3 Å². The summed E-state index contributed by atoms with van der Waals surface area (Å²) in [6, 6.07) is -0.154. The molecule has 0 amide bonds. The van der Waals surface area contributed by atoms with Crippen molar-refractivity contribution in [2.45, 2.75) is 6.04 Å². The van der Waals surface area contributed by atoms with E-state index in [0.29, 0.717) is 5.75 Å². The van der Waals surface area contributed by atoms with E-state index in [4.69, 9.17) is 0 Å². The summed E-state index contributed by atoms with van der Waals surface area (Å²) in [6.07, 6.45) is 1.85. The van der Waals surface area contributed by atoms with Crippen molar-refractivity contribution in [3.05, 3.63) is 0 Å². The molecule has 0 aromatic carbocycles. The minimum atomic E-state index is -0.154. The number of rotatable bonds is 3. The number of nitrogens with zero attached hydrogens (tertiary/aromatic N) is 1. The number of likely N-dealkylation sites (N-methyl/N-ethyl adjacent to an activating group) is 1. The molecule has 0 aliphatic carbocycles. The molecule has 0 spiro atoms. The van der Waals surface area contributed by atoms with Gasteiger partial charge in [0, 0.05) is 32.7 Å². The second-order valence-electron chi connectivity index (χ2n) is 1.78. The van der Waals surface area contributed by atoms with E-state index < -0.39 is 0 Å². The fraction of sp³-hybridized carbons (Fsp3) is 0.800. The summed E-state index contributed by atoms with van der Waals surface area (Å²) in [5.41, 5.74) is 0. The van der Waals surface area contributed by atoms with Gasteiger partial charge >= 0.3 is 0 Å². The molecule has 4 heteroatoms. The van der Waals surface area contributed by atoms with Gasteiger partial charge in [-0.1, -0.05) is 6.04 Å². The van der Waals surface area contributed by atoms with Crippen molar-refractivity contribution in [2.75, 3.05) is 19.8 Å². The zero-order valence-electron chi connectivity index (χ0n) is 5.66. The second-order valence-corrected chi connectivity index (χ2v) is 2.14. The number of hydrogen-bond acceptors (Lipinski definition) is 3. The molecule has 2 nitrogen and oxygen atoms in total. The number of hydrogen-bond donors (Lipinski definition) is 1. The first-order chi connectivity index (χ1) is 3.72. The van der Waals surface area contributed by atoms with Crippen LogP contribution < -0.4 is 0 Å². The van der Waals surface area contributed by atoms with Crippen LogP contribution in [-0.2, 0) is 37.5 Å². The Morgan fingerprint density at radius 2 is 2.11 bits per heavy atom. The van der Waals surface area contributed by atoms with Crippen molar-refractivity contribution in [3.63, 3.8) is 0 Å². The predicted molar refractivity (Wildman–Crippen MR) is 37.0 cm³/mol. The minimum absolute atomic E-state index is 0. The molecule has 1 radical (unpaired) electrons. The zero-order valence-corrected chi connectivity index (χ0v) is 9.40. The third-order valence-corrected chi connectivity index (χ3v) is 1.28. The van der Waals surface area contributed by atoms with E-state index in [9.17, 15) is 4.79 Å². The van der Waals surface area contributed by atoms with Crippen molar-refractivity contribution < 1.29 is 37.5 Å². The molecule has 0 aliphatic heterocycles. The van der Waals surface area contributed by atoms with Crippen LogP contribution in [0.2, 0.25) is 0 Å². The summed E-state index contributed by atoms with van der Waals surface area (Å²) in [4.78, 5) is 11.7. The van der Waals surface area contributed by atoms with Gasteiger partial charge in [-0.05, 0) is 19.8 Å². The van der Waals surface area contributed by atoms with Gasteiger partial charge in [-0.2, -0.15) is 12.6 Å². The Balaban J connectivity index is 0. The Bertz CT molecular complexity index is 79.4. The third kappa shape index (κ3) is 5.52. The van der Waals surface area contributed by atoms with E-state index in [1.54, 1.807) is 4.90 Å². The van der Waals surface area contributed by atoms with Gasteiger partial charge in [0.1, 0.15) is 0 Å². The fourth-order valence-electron chi connectivity index (χ4n) is 0.306. The summed E-state index contributed by atoms with van der Waals surface area (Å²) in [5.74, 6) is 0.538. The van der Waals surface area contributed by atoms with Gasteiger partial charge in [-0.25, -0.2) is 6.29 Å². The van der Waals surface area contributed by atoms with Crippen molar-refractivity contribution in [3.8, 4) is 0 Å². The largest absolute Gasteiger partial charge is 0.540 e. The van der Waals surface area contributed by atoms with E-state index in [1.807, 2.05) is 20.4 Å². The van der Waals surface area contributed by atoms with Crippen molar-refractivity contribution >= 4 is 18.9 Å². The van der Waals surface area contributed by atoms with E-state index in [0.717, 1.165) is 0 Å². The van der Waals surface area contributed by atoms with Gasteiger partial charge < -0.3 is 9.69 Å². The number of thiol groups is 1. The maximum atomic E-state index is 9.96. The third-order valence-electron chi connectivity index (χ3n) is 0.932. The summed E-state index contributed by atoms with van der Waals surface area (Å²) in [6.45, 7) is 0. The standard InChI is InChI=1S/C5H10NOS.Y/c1-6(2)5(3-7)4-8;/h5,8H,4H2,1-2H3;/q-1;. The van der Waals surface area contributed by atoms with Crippen LogP contribution in [0.25, 0.3) is 0 Å². The monoisotopic (exact) mass is 221 g/mol. The van der Waals surface area contributed by atoms with E-state index in [-0.39, 0.29) is 38.8 Å². The van der Waals surface area contributed by atoms with Crippen LogP contribution in [0, 0.1) is 0 Å². The summed E-state index contributed by atoms with van der Waals surface area (Å²) < 4.78 is 0. The summed E-state index contributed by atoms with van der Waals surface area (Å²) in [7, 11) is 3.65. The van der Waals surface area contributed by atoms with Crippen molar-refractivity contribution in [2.24, 2.45) is 0 Å². The average molecular weight is 221 g/mol. The molecule has 1 unspecified atom stereocenters. The smallest absolute Gasteiger partial charge is 0 e. The van der Waals surface area contributed by atoms with E-state index in [2.05, 4.69) is 12.6 Å². The average Bonchev–Trinajstić information content (AvgIpc) is 1.69. The maximum Gasteiger partial charge on any atom is 0 e. The first kappa shape index (κ1) is 12.7. The van der Waals surface area contributed by atoms with E-state index >= 15 is 0 Å². The molecule has 1 atom stereocenters. The van der Waals surface area contributed by atoms with Crippen LogP contribution in [0.5, 0.6) is 0 Å². The molecule has 9 heavy (non-hydrogen) atoms. The van der Waals surface area contributed by atoms with Crippen LogP contribution in [-0.4, -0.2) is 37.1 Å². The molecule has 0 rings (SSSR count). The molecular weight excluding hydrogens is 211 g/mol. The van der Waals surface area contributed by atoms with Crippen LogP contribution >= 0.6 is 12.6 Å². The van der Waals surface area contributed by atoms with Gasteiger partial charge in [0.25, 0.3) is 0 Å². The minimum Gasteiger partial charge on any atom is -0.540 e. The summed E-state index contributed by atoms with van der Waals surface area (Å²) in [5, 5.41) is 0. The second kappa shape index (κ2) is 7.19. The van der Waals surface area contributed by atoms with Gasteiger partial charge in [-0.15, -0.1) is 0 Å². The van der Waals surface area contributed by atoms with Gasteiger partial charge in [-0.3, -0.25) is 0 Å². The zero-order chi connectivity index (χ0) is 6.57. The Kier molecular flexibility index (Phi) is 10.2. The molecule has 0 heterocycles. The van der Waals surface area contributed by atoms with Crippen molar-refractivity contribution in [1.29, 1.82) is 0 Å². The Morgan fingerprint density at radius 3 is 2.11 bits per heavy atom. The molecule has 0 bridgehead atoms. The predicted octanol–water partition coefficient (Wildman–Crippen LogP) is -0.0464. The molecular formula is C5H10NOSY-. The van der Waals surface area contributed by atoms with Crippen LogP contribution in [0.1, 0.15) is 0 Å². The Labute approximate surface area is 86.7 Å². The Morgan fingerprint density at radius 1 is 1.67 bits per heavy atom. The first-order valence-electron chi connectivity index (χ1n) is 2.37. The fourth-order valence-corrected chi connectivity index (χ4v) is 0.707. The molecule has 0 fully saturated rings. The maximum absolute atomic E-state index is 9.96. The van der Waals surface area contributed by atoms with Crippen LogP contribution in [0.4, 0.5) is 0 Å². The van der Waals surface area contributed by atoms with Crippen LogP contribution in [0.15, 0.2) is 0 Å². The van der Waals surface area contributed by atoms with Crippen LogP contribution in [0.3, 0.4) is 0 Å². The summed E-state index contributed by atoms with van der Waals surface area (Å²) >= 11 is 3.93. The SMILES string of the molecule is CN(C)C([C-]=O)CS.[Y]. The van der Waals surface area contributed by atoms with Gasteiger partial charge in [0.15, 0.2) is 0 Å². The molecule has 0 saturated carbocycles. The Hall–Kier alpha value is 1.08. The molecule has 0 aromatic heterocycles. The molecule has 0 aliphatic rings. The van der Waals surface area contributed by atoms with Gasteiger partial charge in [0.05, 0.1) is 0 Å².